The summed E-state index contributed by atoms with van der Waals surface area (Å²) in [6, 6.07) is 1.39. The van der Waals surface area contributed by atoms with Crippen molar-refractivity contribution in [2.75, 3.05) is 18.0 Å². The van der Waals surface area contributed by atoms with Gasteiger partial charge in [0.05, 0.1) is 6.54 Å². The Balaban J connectivity index is 1.55. The fourth-order valence-corrected chi connectivity index (χ4v) is 2.94. The number of hydrogen-bond donors (Lipinski definition) is 1. The van der Waals surface area contributed by atoms with Gasteiger partial charge in [-0.1, -0.05) is 18.9 Å². The lowest BCUT2D eigenvalue weighted by Crippen LogP contribution is -2.24. The molecule has 112 valence electrons. The van der Waals surface area contributed by atoms with E-state index in [0.717, 1.165) is 30.8 Å². The summed E-state index contributed by atoms with van der Waals surface area (Å²) in [7, 11) is 0. The Morgan fingerprint density at radius 3 is 2.80 bits per heavy atom. The molecular weight excluding hydrogens is 252 g/mol. The molecule has 20 heavy (non-hydrogen) atoms. The van der Waals surface area contributed by atoms with Crippen molar-refractivity contribution in [3.8, 4) is 0 Å². The standard InChI is InChI=1S/C15H26N4O/c1-11(2)12-4-3-8-19(9-7-12)15-18-17-14(20-15)10-16-13-5-6-13/h11-13,16H,3-10H2,1-2H3. The molecule has 1 saturated carbocycles. The highest BCUT2D eigenvalue weighted by atomic mass is 16.4. The molecule has 1 aliphatic carbocycles. The first-order valence-corrected chi connectivity index (χ1v) is 8.03. The lowest BCUT2D eigenvalue weighted by atomic mass is 9.89. The molecule has 5 nitrogen and oxygen atoms in total. The van der Waals surface area contributed by atoms with Crippen LogP contribution < -0.4 is 10.2 Å². The van der Waals surface area contributed by atoms with Gasteiger partial charge in [-0.15, -0.1) is 5.10 Å². The maximum Gasteiger partial charge on any atom is 0.318 e. The first-order chi connectivity index (χ1) is 9.72. The Hall–Kier alpha value is -1.10. The molecule has 0 amide bonds. The highest BCUT2D eigenvalue weighted by Gasteiger charge is 2.24. The monoisotopic (exact) mass is 278 g/mol. The zero-order chi connectivity index (χ0) is 13.9. The summed E-state index contributed by atoms with van der Waals surface area (Å²) in [5, 5.41) is 11.8. The molecule has 1 aliphatic heterocycles. The highest BCUT2D eigenvalue weighted by Crippen LogP contribution is 2.27. The number of nitrogens with zero attached hydrogens (tertiary/aromatic N) is 3. The summed E-state index contributed by atoms with van der Waals surface area (Å²) < 4.78 is 5.79. The Morgan fingerprint density at radius 2 is 2.05 bits per heavy atom. The molecule has 5 heteroatoms. The number of aromatic nitrogens is 2. The van der Waals surface area contributed by atoms with E-state index in [1.165, 1.54) is 32.1 Å². The van der Waals surface area contributed by atoms with Crippen LogP contribution in [-0.2, 0) is 6.54 Å². The minimum atomic E-state index is 0.676. The van der Waals surface area contributed by atoms with Gasteiger partial charge in [-0.3, -0.25) is 0 Å². The molecule has 2 heterocycles. The Kier molecular flexibility index (Phi) is 4.24. The molecule has 3 rings (SSSR count). The van der Waals surface area contributed by atoms with Crippen molar-refractivity contribution in [2.45, 2.75) is 58.5 Å². The van der Waals surface area contributed by atoms with E-state index in [4.69, 9.17) is 4.42 Å². The van der Waals surface area contributed by atoms with Crippen LogP contribution in [-0.4, -0.2) is 29.3 Å². The van der Waals surface area contributed by atoms with Crippen LogP contribution in [0.5, 0.6) is 0 Å². The molecule has 0 bridgehead atoms. The predicted molar refractivity (Wildman–Crippen MR) is 78.6 cm³/mol. The predicted octanol–water partition coefficient (Wildman–Crippen LogP) is 2.58. The quantitative estimate of drug-likeness (QED) is 0.897. The van der Waals surface area contributed by atoms with Gasteiger partial charge >= 0.3 is 6.01 Å². The first kappa shape index (κ1) is 13.9. The number of anilines is 1. The second kappa shape index (κ2) is 6.12. The summed E-state index contributed by atoms with van der Waals surface area (Å²) in [6.07, 6.45) is 6.34. The summed E-state index contributed by atoms with van der Waals surface area (Å²) in [6.45, 7) is 7.45. The zero-order valence-electron chi connectivity index (χ0n) is 12.6. The fourth-order valence-electron chi connectivity index (χ4n) is 2.94. The summed E-state index contributed by atoms with van der Waals surface area (Å²) in [5.74, 6) is 2.33. The number of hydrogen-bond acceptors (Lipinski definition) is 5. The summed E-state index contributed by atoms with van der Waals surface area (Å²) >= 11 is 0. The van der Waals surface area contributed by atoms with Gasteiger partial charge in [0.25, 0.3) is 0 Å². The minimum absolute atomic E-state index is 0.676. The minimum Gasteiger partial charge on any atom is -0.407 e. The molecule has 0 spiro atoms. The third-order valence-corrected chi connectivity index (χ3v) is 4.56. The summed E-state index contributed by atoms with van der Waals surface area (Å²) in [4.78, 5) is 2.26. The average molecular weight is 278 g/mol. The van der Waals surface area contributed by atoms with E-state index in [0.29, 0.717) is 18.6 Å². The number of nitrogens with one attached hydrogen (secondary N) is 1. The van der Waals surface area contributed by atoms with Gasteiger partial charge in [0, 0.05) is 19.1 Å². The lowest BCUT2D eigenvalue weighted by Gasteiger charge is -2.19. The van der Waals surface area contributed by atoms with Crippen LogP contribution in [0.4, 0.5) is 6.01 Å². The van der Waals surface area contributed by atoms with Crippen LogP contribution in [0.3, 0.4) is 0 Å². The second-order valence-corrected chi connectivity index (χ2v) is 6.56. The Morgan fingerprint density at radius 1 is 1.20 bits per heavy atom. The van der Waals surface area contributed by atoms with Gasteiger partial charge in [-0.05, 0) is 43.9 Å². The molecular formula is C15H26N4O. The van der Waals surface area contributed by atoms with Gasteiger partial charge in [-0.2, -0.15) is 0 Å². The molecule has 2 aliphatic rings. The number of rotatable bonds is 5. The van der Waals surface area contributed by atoms with Crippen molar-refractivity contribution in [3.63, 3.8) is 0 Å². The van der Waals surface area contributed by atoms with Crippen LogP contribution in [0, 0.1) is 11.8 Å². The van der Waals surface area contributed by atoms with Gasteiger partial charge in [-0.25, -0.2) is 0 Å². The highest BCUT2D eigenvalue weighted by molar-refractivity contribution is 5.24. The summed E-state index contributed by atoms with van der Waals surface area (Å²) in [5.41, 5.74) is 0. The van der Waals surface area contributed by atoms with Gasteiger partial charge in [0.2, 0.25) is 5.89 Å². The molecule has 0 radical (unpaired) electrons. The van der Waals surface area contributed by atoms with E-state index < -0.39 is 0 Å². The van der Waals surface area contributed by atoms with E-state index in [9.17, 15) is 0 Å². The molecule has 0 aromatic carbocycles. The van der Waals surface area contributed by atoms with Crippen molar-refractivity contribution in [2.24, 2.45) is 11.8 Å². The normalized spacial score (nSPS) is 24.1. The third-order valence-electron chi connectivity index (χ3n) is 4.56. The lowest BCUT2D eigenvalue weighted by molar-refractivity contribution is 0.350. The van der Waals surface area contributed by atoms with Crippen molar-refractivity contribution in [1.82, 2.24) is 15.5 Å². The van der Waals surface area contributed by atoms with E-state index >= 15 is 0 Å². The van der Waals surface area contributed by atoms with E-state index in [1.807, 2.05) is 0 Å². The largest absolute Gasteiger partial charge is 0.407 e. The topological polar surface area (TPSA) is 54.2 Å². The van der Waals surface area contributed by atoms with Gasteiger partial charge in [0.15, 0.2) is 0 Å². The average Bonchev–Trinajstić information content (AvgIpc) is 3.19. The SMILES string of the molecule is CC(C)C1CCCN(c2nnc(CNC3CC3)o2)CC1. The van der Waals surface area contributed by atoms with Gasteiger partial charge < -0.3 is 14.6 Å². The van der Waals surface area contributed by atoms with Crippen molar-refractivity contribution >= 4 is 6.01 Å². The second-order valence-electron chi connectivity index (χ2n) is 6.56. The smallest absolute Gasteiger partial charge is 0.318 e. The molecule has 1 aromatic heterocycles. The molecule has 1 aromatic rings. The van der Waals surface area contributed by atoms with E-state index in [2.05, 4.69) is 34.3 Å². The first-order valence-electron chi connectivity index (χ1n) is 8.03. The molecule has 1 saturated heterocycles. The molecule has 1 atom stereocenters. The van der Waals surface area contributed by atoms with Crippen LogP contribution >= 0.6 is 0 Å². The van der Waals surface area contributed by atoms with Crippen molar-refractivity contribution in [1.29, 1.82) is 0 Å². The Labute approximate surface area is 121 Å². The van der Waals surface area contributed by atoms with Crippen molar-refractivity contribution < 1.29 is 4.42 Å². The molecule has 2 fully saturated rings. The molecule has 1 N–H and O–H groups in total. The van der Waals surface area contributed by atoms with Crippen molar-refractivity contribution in [3.05, 3.63) is 5.89 Å². The Bertz CT molecular complexity index is 427. The molecule has 1 unspecified atom stereocenters. The van der Waals surface area contributed by atoms with Gasteiger partial charge in [0.1, 0.15) is 0 Å². The van der Waals surface area contributed by atoms with Crippen LogP contribution in [0.2, 0.25) is 0 Å². The van der Waals surface area contributed by atoms with Crippen LogP contribution in [0.15, 0.2) is 4.42 Å². The maximum absolute atomic E-state index is 5.79. The maximum atomic E-state index is 5.79. The van der Waals surface area contributed by atoms with E-state index in [-0.39, 0.29) is 0 Å². The van der Waals surface area contributed by atoms with Crippen LogP contribution in [0.25, 0.3) is 0 Å². The van der Waals surface area contributed by atoms with E-state index in [1.54, 1.807) is 0 Å². The third kappa shape index (κ3) is 3.51. The zero-order valence-corrected chi connectivity index (χ0v) is 12.6. The fraction of sp³-hybridized carbons (Fsp3) is 0.867. The van der Waals surface area contributed by atoms with Crippen LogP contribution in [0.1, 0.15) is 51.8 Å².